The summed E-state index contributed by atoms with van der Waals surface area (Å²) >= 11 is 0. The third-order valence-corrected chi connectivity index (χ3v) is 3.27. The number of nitrogens with one attached hydrogen (secondary N) is 1. The molecule has 19 heavy (non-hydrogen) atoms. The number of carbonyl (C=O) groups excluding carboxylic acids is 1. The van der Waals surface area contributed by atoms with E-state index in [1.54, 1.807) is 0 Å². The molecule has 3 heteroatoms. The Bertz CT molecular complexity index is 439. The van der Waals surface area contributed by atoms with E-state index in [4.69, 9.17) is 4.74 Å². The minimum Gasteiger partial charge on any atom is -0.483 e. The highest BCUT2D eigenvalue weighted by atomic mass is 16.5. The fourth-order valence-electron chi connectivity index (χ4n) is 1.84. The third kappa shape index (κ3) is 4.93. The first-order chi connectivity index (χ1) is 8.91. The molecule has 0 unspecified atom stereocenters. The van der Waals surface area contributed by atoms with Crippen LogP contribution in [-0.4, -0.2) is 19.1 Å². The maximum atomic E-state index is 11.7. The van der Waals surface area contributed by atoms with Gasteiger partial charge >= 0.3 is 0 Å². The number of ether oxygens (including phenoxy) is 1. The smallest absolute Gasteiger partial charge is 0.257 e. The molecule has 0 saturated carbocycles. The van der Waals surface area contributed by atoms with E-state index >= 15 is 0 Å². The molecule has 0 radical (unpaired) electrons. The average molecular weight is 263 g/mol. The zero-order chi connectivity index (χ0) is 14.4. The van der Waals surface area contributed by atoms with Crippen LogP contribution in [0.2, 0.25) is 0 Å². The maximum absolute atomic E-state index is 11.7. The summed E-state index contributed by atoms with van der Waals surface area (Å²) in [6.45, 7) is 11.1. The van der Waals surface area contributed by atoms with Gasteiger partial charge in [0, 0.05) is 6.54 Å². The molecule has 0 aliphatic heterocycles. The Hall–Kier alpha value is -1.51. The summed E-state index contributed by atoms with van der Waals surface area (Å²) < 4.78 is 5.66. The molecule has 1 rings (SSSR count). The fraction of sp³-hybridized carbons (Fsp3) is 0.562. The minimum absolute atomic E-state index is 0.0547. The summed E-state index contributed by atoms with van der Waals surface area (Å²) in [6.07, 6.45) is 0.994. The van der Waals surface area contributed by atoms with Gasteiger partial charge in [-0.2, -0.15) is 0 Å². The standard InChI is InChI=1S/C16H25NO2/c1-11(2)8-9-17-15(18)10-19-16-13(4)7-6-12(3)14(16)5/h6-7,11H,8-10H2,1-5H3,(H,17,18). The number of benzene rings is 1. The van der Waals surface area contributed by atoms with Crippen molar-refractivity contribution in [3.8, 4) is 5.75 Å². The van der Waals surface area contributed by atoms with E-state index in [9.17, 15) is 4.79 Å². The molecule has 0 aliphatic carbocycles. The van der Waals surface area contributed by atoms with Crippen molar-refractivity contribution in [3.05, 3.63) is 28.8 Å². The van der Waals surface area contributed by atoms with E-state index in [2.05, 4.69) is 25.2 Å². The molecule has 0 aromatic heterocycles. The van der Waals surface area contributed by atoms with Gasteiger partial charge in [0.25, 0.3) is 5.91 Å². The van der Waals surface area contributed by atoms with E-state index in [0.717, 1.165) is 23.3 Å². The maximum Gasteiger partial charge on any atom is 0.257 e. The number of rotatable bonds is 6. The van der Waals surface area contributed by atoms with Gasteiger partial charge in [0.2, 0.25) is 0 Å². The third-order valence-electron chi connectivity index (χ3n) is 3.27. The first kappa shape index (κ1) is 15.5. The van der Waals surface area contributed by atoms with E-state index in [-0.39, 0.29) is 12.5 Å². The van der Waals surface area contributed by atoms with Crippen LogP contribution >= 0.6 is 0 Å². The fourth-order valence-corrected chi connectivity index (χ4v) is 1.84. The number of aryl methyl sites for hydroxylation is 2. The van der Waals surface area contributed by atoms with Crippen LogP contribution in [0.4, 0.5) is 0 Å². The Morgan fingerprint density at radius 2 is 1.84 bits per heavy atom. The monoisotopic (exact) mass is 263 g/mol. The first-order valence-electron chi connectivity index (χ1n) is 6.88. The van der Waals surface area contributed by atoms with Crippen LogP contribution < -0.4 is 10.1 Å². The molecule has 3 nitrogen and oxygen atoms in total. The highest BCUT2D eigenvalue weighted by molar-refractivity contribution is 5.77. The van der Waals surface area contributed by atoms with Crippen LogP contribution in [0.3, 0.4) is 0 Å². The second-order valence-corrected chi connectivity index (χ2v) is 5.47. The van der Waals surface area contributed by atoms with Gasteiger partial charge in [-0.1, -0.05) is 26.0 Å². The molecule has 1 aromatic rings. The second kappa shape index (κ2) is 7.17. The van der Waals surface area contributed by atoms with Gasteiger partial charge < -0.3 is 10.1 Å². The number of amides is 1. The highest BCUT2D eigenvalue weighted by Gasteiger charge is 2.09. The van der Waals surface area contributed by atoms with E-state index < -0.39 is 0 Å². The molecule has 0 spiro atoms. The number of hydrogen-bond donors (Lipinski definition) is 1. The van der Waals surface area contributed by atoms with Crippen LogP contribution in [0.15, 0.2) is 12.1 Å². The van der Waals surface area contributed by atoms with Crippen molar-refractivity contribution < 1.29 is 9.53 Å². The zero-order valence-corrected chi connectivity index (χ0v) is 12.7. The van der Waals surface area contributed by atoms with E-state index in [1.165, 1.54) is 5.56 Å². The first-order valence-corrected chi connectivity index (χ1v) is 6.88. The Labute approximate surface area is 116 Å². The van der Waals surface area contributed by atoms with Crippen molar-refractivity contribution in [2.75, 3.05) is 13.2 Å². The van der Waals surface area contributed by atoms with Crippen molar-refractivity contribution in [1.29, 1.82) is 0 Å². The Balaban J connectivity index is 2.49. The molecule has 0 heterocycles. The van der Waals surface area contributed by atoms with Gasteiger partial charge in [-0.25, -0.2) is 0 Å². The summed E-state index contributed by atoms with van der Waals surface area (Å²) in [7, 11) is 0. The molecule has 1 amide bonds. The normalized spacial score (nSPS) is 10.6. The summed E-state index contributed by atoms with van der Waals surface area (Å²) in [5.41, 5.74) is 3.36. The zero-order valence-electron chi connectivity index (χ0n) is 12.7. The molecule has 0 atom stereocenters. The second-order valence-electron chi connectivity index (χ2n) is 5.47. The van der Waals surface area contributed by atoms with Crippen molar-refractivity contribution in [1.82, 2.24) is 5.32 Å². The van der Waals surface area contributed by atoms with Crippen molar-refractivity contribution in [2.24, 2.45) is 5.92 Å². The Morgan fingerprint density at radius 1 is 1.21 bits per heavy atom. The summed E-state index contributed by atoms with van der Waals surface area (Å²) in [5, 5.41) is 2.87. The molecular formula is C16H25NO2. The molecule has 0 fully saturated rings. The minimum atomic E-state index is -0.0547. The van der Waals surface area contributed by atoms with Crippen molar-refractivity contribution in [3.63, 3.8) is 0 Å². The lowest BCUT2D eigenvalue weighted by molar-refractivity contribution is -0.123. The largest absolute Gasteiger partial charge is 0.483 e. The SMILES string of the molecule is Cc1ccc(C)c(OCC(=O)NCCC(C)C)c1C. The highest BCUT2D eigenvalue weighted by Crippen LogP contribution is 2.25. The number of carbonyl (C=O) groups is 1. The Morgan fingerprint density at radius 3 is 2.47 bits per heavy atom. The topological polar surface area (TPSA) is 38.3 Å². The van der Waals surface area contributed by atoms with Crippen LogP contribution in [0, 0.1) is 26.7 Å². The lowest BCUT2D eigenvalue weighted by atomic mass is 10.1. The lowest BCUT2D eigenvalue weighted by Crippen LogP contribution is -2.30. The van der Waals surface area contributed by atoms with E-state index in [1.807, 2.05) is 26.8 Å². The molecule has 106 valence electrons. The number of hydrogen-bond acceptors (Lipinski definition) is 2. The molecule has 1 aromatic carbocycles. The van der Waals surface area contributed by atoms with Gasteiger partial charge in [-0.05, 0) is 49.8 Å². The summed E-state index contributed by atoms with van der Waals surface area (Å²) in [5.74, 6) is 1.38. The lowest BCUT2D eigenvalue weighted by Gasteiger charge is -2.14. The van der Waals surface area contributed by atoms with Crippen LogP contribution in [-0.2, 0) is 4.79 Å². The molecule has 0 aliphatic rings. The summed E-state index contributed by atoms with van der Waals surface area (Å²) in [6, 6.07) is 4.09. The van der Waals surface area contributed by atoms with Crippen LogP contribution in [0.5, 0.6) is 5.75 Å². The van der Waals surface area contributed by atoms with Gasteiger partial charge in [0.1, 0.15) is 5.75 Å². The predicted molar refractivity (Wildman–Crippen MR) is 78.6 cm³/mol. The Kier molecular flexibility index (Phi) is 5.87. The quantitative estimate of drug-likeness (QED) is 0.856. The molecule has 0 bridgehead atoms. The van der Waals surface area contributed by atoms with E-state index in [0.29, 0.717) is 12.5 Å². The van der Waals surface area contributed by atoms with Crippen LogP contribution in [0.1, 0.15) is 37.0 Å². The van der Waals surface area contributed by atoms with Gasteiger partial charge in [0.15, 0.2) is 6.61 Å². The van der Waals surface area contributed by atoms with Gasteiger partial charge in [-0.3, -0.25) is 4.79 Å². The molecule has 1 N–H and O–H groups in total. The molecular weight excluding hydrogens is 238 g/mol. The van der Waals surface area contributed by atoms with Crippen molar-refractivity contribution >= 4 is 5.91 Å². The van der Waals surface area contributed by atoms with Gasteiger partial charge in [0.05, 0.1) is 0 Å². The average Bonchev–Trinajstić information content (AvgIpc) is 2.33. The van der Waals surface area contributed by atoms with Crippen LogP contribution in [0.25, 0.3) is 0 Å². The predicted octanol–water partition coefficient (Wildman–Crippen LogP) is 3.15. The van der Waals surface area contributed by atoms with Crippen molar-refractivity contribution in [2.45, 2.75) is 41.0 Å². The van der Waals surface area contributed by atoms with Gasteiger partial charge in [-0.15, -0.1) is 0 Å². The summed E-state index contributed by atoms with van der Waals surface area (Å²) in [4.78, 5) is 11.7. The molecule has 0 saturated heterocycles.